The Bertz CT molecular complexity index is 409. The number of hydrogen-bond donors (Lipinski definition) is 1. The summed E-state index contributed by atoms with van der Waals surface area (Å²) in [5.74, 6) is 0.667. The van der Waals surface area contributed by atoms with Crippen LogP contribution in [-0.2, 0) is 9.53 Å². The highest BCUT2D eigenvalue weighted by Gasteiger charge is 2.16. The largest absolute Gasteiger partial charge is 0.378 e. The Kier molecular flexibility index (Phi) is 4.80. The molecule has 1 amide bonds. The molecule has 0 aliphatic carbocycles. The van der Waals surface area contributed by atoms with E-state index in [0.717, 1.165) is 5.69 Å². The fraction of sp³-hybridized carbons (Fsp3) is 0.533. The molecule has 2 rings (SSSR count). The van der Waals surface area contributed by atoms with Crippen molar-refractivity contribution in [2.75, 3.05) is 38.2 Å². The second-order valence-electron chi connectivity index (χ2n) is 5.12. The van der Waals surface area contributed by atoms with Crippen LogP contribution in [-0.4, -0.2) is 43.7 Å². The minimum atomic E-state index is 0.135. The molecule has 1 aliphatic heterocycles. The van der Waals surface area contributed by atoms with Crippen molar-refractivity contribution >= 4 is 11.6 Å². The first-order valence-corrected chi connectivity index (χ1v) is 6.86. The van der Waals surface area contributed by atoms with Gasteiger partial charge in [-0.15, -0.1) is 0 Å². The number of carbonyl (C=O) groups is 1. The average Bonchev–Trinajstić information content (AvgIpc) is 2.46. The van der Waals surface area contributed by atoms with Gasteiger partial charge in [-0.05, 0) is 23.6 Å². The van der Waals surface area contributed by atoms with Crippen LogP contribution in [0.2, 0.25) is 0 Å². The first-order valence-electron chi connectivity index (χ1n) is 6.86. The zero-order chi connectivity index (χ0) is 13.7. The third kappa shape index (κ3) is 3.96. The van der Waals surface area contributed by atoms with Gasteiger partial charge in [-0.1, -0.05) is 26.0 Å². The van der Waals surface area contributed by atoms with Crippen molar-refractivity contribution in [1.29, 1.82) is 0 Å². The summed E-state index contributed by atoms with van der Waals surface area (Å²) in [5, 5.41) is 3.18. The second-order valence-corrected chi connectivity index (χ2v) is 5.12. The lowest BCUT2D eigenvalue weighted by Gasteiger charge is -2.27. The average molecular weight is 262 g/mol. The van der Waals surface area contributed by atoms with Crippen LogP contribution in [0, 0.1) is 0 Å². The lowest BCUT2D eigenvalue weighted by atomic mass is 10.0. The summed E-state index contributed by atoms with van der Waals surface area (Å²) in [5.41, 5.74) is 2.30. The lowest BCUT2D eigenvalue weighted by Crippen LogP contribution is -2.43. The molecule has 0 spiro atoms. The van der Waals surface area contributed by atoms with E-state index < -0.39 is 0 Å². The van der Waals surface area contributed by atoms with Crippen molar-refractivity contribution in [3.8, 4) is 0 Å². The molecule has 0 aromatic heterocycles. The topological polar surface area (TPSA) is 41.6 Å². The highest BCUT2D eigenvalue weighted by atomic mass is 16.5. The molecule has 4 heteroatoms. The number of morpholine rings is 1. The van der Waals surface area contributed by atoms with E-state index in [2.05, 4.69) is 31.3 Å². The van der Waals surface area contributed by atoms with Gasteiger partial charge in [0.05, 0.1) is 19.8 Å². The van der Waals surface area contributed by atoms with Crippen molar-refractivity contribution in [3.05, 3.63) is 29.8 Å². The Morgan fingerprint density at radius 1 is 1.26 bits per heavy atom. The number of hydrogen-bond acceptors (Lipinski definition) is 3. The fourth-order valence-electron chi connectivity index (χ4n) is 2.09. The molecule has 0 unspecified atom stereocenters. The molecular formula is C15H22N2O2. The van der Waals surface area contributed by atoms with Gasteiger partial charge < -0.3 is 15.0 Å². The SMILES string of the molecule is CC(C)c1ccc(NCC(=O)N2CCOCC2)cc1. The predicted molar refractivity (Wildman–Crippen MR) is 76.4 cm³/mol. The van der Waals surface area contributed by atoms with Gasteiger partial charge >= 0.3 is 0 Å². The van der Waals surface area contributed by atoms with E-state index in [9.17, 15) is 4.79 Å². The van der Waals surface area contributed by atoms with E-state index in [-0.39, 0.29) is 5.91 Å². The van der Waals surface area contributed by atoms with Gasteiger partial charge in [0.25, 0.3) is 0 Å². The molecule has 1 saturated heterocycles. The smallest absolute Gasteiger partial charge is 0.242 e. The molecule has 0 radical (unpaired) electrons. The maximum absolute atomic E-state index is 12.0. The van der Waals surface area contributed by atoms with Gasteiger partial charge in [-0.2, -0.15) is 0 Å². The summed E-state index contributed by atoms with van der Waals surface area (Å²) >= 11 is 0. The van der Waals surface area contributed by atoms with Gasteiger partial charge in [-0.25, -0.2) is 0 Å². The highest BCUT2D eigenvalue weighted by molar-refractivity contribution is 5.80. The zero-order valence-corrected chi connectivity index (χ0v) is 11.7. The molecule has 1 aliphatic rings. The minimum absolute atomic E-state index is 0.135. The minimum Gasteiger partial charge on any atom is -0.378 e. The molecule has 0 bridgehead atoms. The number of amides is 1. The summed E-state index contributed by atoms with van der Waals surface area (Å²) in [6, 6.07) is 8.27. The van der Waals surface area contributed by atoms with Crippen LogP contribution >= 0.6 is 0 Å². The molecule has 1 aromatic carbocycles. The maximum Gasteiger partial charge on any atom is 0.242 e. The van der Waals surface area contributed by atoms with E-state index in [1.165, 1.54) is 5.56 Å². The number of ether oxygens (including phenoxy) is 1. The summed E-state index contributed by atoms with van der Waals surface area (Å²) < 4.78 is 5.23. The molecule has 1 fully saturated rings. The van der Waals surface area contributed by atoms with Crippen LogP contribution in [0.4, 0.5) is 5.69 Å². The molecule has 1 N–H and O–H groups in total. The predicted octanol–water partition coefficient (Wildman–Crippen LogP) is 2.08. The second kappa shape index (κ2) is 6.57. The van der Waals surface area contributed by atoms with Crippen molar-refractivity contribution in [2.45, 2.75) is 19.8 Å². The van der Waals surface area contributed by atoms with Crippen molar-refractivity contribution in [2.24, 2.45) is 0 Å². The van der Waals surface area contributed by atoms with Gasteiger partial charge in [0.2, 0.25) is 5.91 Å². The normalized spacial score (nSPS) is 15.6. The molecule has 1 heterocycles. The van der Waals surface area contributed by atoms with E-state index in [1.807, 2.05) is 17.0 Å². The number of anilines is 1. The van der Waals surface area contributed by atoms with Gasteiger partial charge in [0.15, 0.2) is 0 Å². The van der Waals surface area contributed by atoms with E-state index in [1.54, 1.807) is 0 Å². The van der Waals surface area contributed by atoms with Gasteiger partial charge in [0.1, 0.15) is 0 Å². The Labute approximate surface area is 114 Å². The molecule has 19 heavy (non-hydrogen) atoms. The number of nitrogens with zero attached hydrogens (tertiary/aromatic N) is 1. The number of nitrogens with one attached hydrogen (secondary N) is 1. The van der Waals surface area contributed by atoms with Crippen LogP contribution in [0.15, 0.2) is 24.3 Å². The lowest BCUT2D eigenvalue weighted by molar-refractivity contribution is -0.133. The highest BCUT2D eigenvalue weighted by Crippen LogP contribution is 2.16. The molecular weight excluding hydrogens is 240 g/mol. The van der Waals surface area contributed by atoms with Gasteiger partial charge in [-0.3, -0.25) is 4.79 Å². The van der Waals surface area contributed by atoms with Crippen LogP contribution in [0.25, 0.3) is 0 Å². The quantitative estimate of drug-likeness (QED) is 0.903. The summed E-state index contributed by atoms with van der Waals surface area (Å²) in [4.78, 5) is 13.8. The van der Waals surface area contributed by atoms with Crippen molar-refractivity contribution < 1.29 is 9.53 Å². The Hall–Kier alpha value is -1.55. The van der Waals surface area contributed by atoms with Crippen molar-refractivity contribution in [3.63, 3.8) is 0 Å². The Balaban J connectivity index is 1.82. The standard InChI is InChI=1S/C15H22N2O2/c1-12(2)13-3-5-14(6-4-13)16-11-15(18)17-7-9-19-10-8-17/h3-6,12,16H,7-11H2,1-2H3. The Morgan fingerprint density at radius 2 is 1.89 bits per heavy atom. The zero-order valence-electron chi connectivity index (χ0n) is 11.7. The van der Waals surface area contributed by atoms with E-state index in [4.69, 9.17) is 4.74 Å². The number of rotatable bonds is 4. The molecule has 0 saturated carbocycles. The Morgan fingerprint density at radius 3 is 2.47 bits per heavy atom. The fourth-order valence-corrected chi connectivity index (χ4v) is 2.09. The summed E-state index contributed by atoms with van der Waals surface area (Å²) in [6.07, 6.45) is 0. The maximum atomic E-state index is 12.0. The van der Waals surface area contributed by atoms with Crippen LogP contribution < -0.4 is 5.32 Å². The van der Waals surface area contributed by atoms with Crippen LogP contribution in [0.3, 0.4) is 0 Å². The van der Waals surface area contributed by atoms with Crippen LogP contribution in [0.5, 0.6) is 0 Å². The van der Waals surface area contributed by atoms with E-state index in [0.29, 0.717) is 38.8 Å². The van der Waals surface area contributed by atoms with Crippen molar-refractivity contribution in [1.82, 2.24) is 4.90 Å². The summed E-state index contributed by atoms with van der Waals surface area (Å²) in [7, 11) is 0. The first kappa shape index (κ1) is 13.9. The monoisotopic (exact) mass is 262 g/mol. The van der Waals surface area contributed by atoms with Gasteiger partial charge in [0, 0.05) is 18.8 Å². The number of carbonyl (C=O) groups excluding carboxylic acids is 1. The first-order chi connectivity index (χ1) is 9.16. The third-order valence-electron chi connectivity index (χ3n) is 3.38. The third-order valence-corrected chi connectivity index (χ3v) is 3.38. The number of benzene rings is 1. The summed E-state index contributed by atoms with van der Waals surface area (Å²) in [6.45, 7) is 7.39. The van der Waals surface area contributed by atoms with Crippen LogP contribution in [0.1, 0.15) is 25.3 Å². The molecule has 0 atom stereocenters. The molecule has 1 aromatic rings. The molecule has 104 valence electrons. The van der Waals surface area contributed by atoms with E-state index >= 15 is 0 Å². The molecule has 4 nitrogen and oxygen atoms in total.